The van der Waals surface area contributed by atoms with Gasteiger partial charge in [0.15, 0.2) is 0 Å². The van der Waals surface area contributed by atoms with Crippen molar-refractivity contribution in [1.29, 1.82) is 0 Å². The van der Waals surface area contributed by atoms with E-state index in [0.29, 0.717) is 18.8 Å². The first-order valence-corrected chi connectivity index (χ1v) is 8.45. The Balaban J connectivity index is 1.56. The number of H-pyrrole nitrogens is 1. The average molecular weight is 329 g/mol. The third-order valence-corrected chi connectivity index (χ3v) is 4.41. The van der Waals surface area contributed by atoms with Gasteiger partial charge in [0.25, 0.3) is 5.56 Å². The summed E-state index contributed by atoms with van der Waals surface area (Å²) in [6.45, 7) is 3.98. The van der Waals surface area contributed by atoms with E-state index in [-0.39, 0.29) is 17.4 Å². The first kappa shape index (κ1) is 16.4. The molecule has 128 valence electrons. The second kappa shape index (κ2) is 7.42. The predicted octanol–water partition coefficient (Wildman–Crippen LogP) is 1.46. The minimum absolute atomic E-state index is 0.125. The molecular weight excluding hydrogens is 306 g/mol. The number of likely N-dealkylation sites (tertiary alicyclic amines) is 1. The molecule has 1 amide bonds. The molecular formula is C17H23N5O2. The lowest BCUT2D eigenvalue weighted by atomic mass is 9.94. The topological polar surface area (TPSA) is 83.9 Å². The number of nitrogens with zero attached hydrogens (tertiary/aromatic N) is 4. The Kier molecular flexibility index (Phi) is 5.08. The van der Waals surface area contributed by atoms with Crippen LogP contribution in [0.1, 0.15) is 43.1 Å². The van der Waals surface area contributed by atoms with E-state index < -0.39 is 0 Å². The first-order chi connectivity index (χ1) is 11.6. The number of piperidine rings is 1. The Morgan fingerprint density at radius 3 is 3.08 bits per heavy atom. The number of aryl methyl sites for hydroxylation is 2. The molecule has 1 fully saturated rings. The summed E-state index contributed by atoms with van der Waals surface area (Å²) in [5.74, 6) is 0.948. The van der Waals surface area contributed by atoms with Crippen molar-refractivity contribution >= 4 is 5.91 Å². The molecule has 1 atom stereocenters. The summed E-state index contributed by atoms with van der Waals surface area (Å²) in [5.41, 5.74) is 0.672. The summed E-state index contributed by atoms with van der Waals surface area (Å²) < 4.78 is 1.84. The average Bonchev–Trinajstić information content (AvgIpc) is 3.07. The highest BCUT2D eigenvalue weighted by atomic mass is 16.2. The molecule has 24 heavy (non-hydrogen) atoms. The Bertz CT molecular complexity index is 738. The minimum atomic E-state index is -0.125. The van der Waals surface area contributed by atoms with Crippen LogP contribution in [0.5, 0.6) is 0 Å². The van der Waals surface area contributed by atoms with E-state index in [0.717, 1.165) is 38.0 Å². The zero-order valence-corrected chi connectivity index (χ0v) is 13.9. The van der Waals surface area contributed by atoms with Gasteiger partial charge in [0.2, 0.25) is 5.91 Å². The summed E-state index contributed by atoms with van der Waals surface area (Å²) in [6, 6.07) is 3.44. The predicted molar refractivity (Wildman–Crippen MR) is 89.6 cm³/mol. The highest BCUT2D eigenvalue weighted by Crippen LogP contribution is 2.25. The van der Waals surface area contributed by atoms with Gasteiger partial charge in [0.1, 0.15) is 5.82 Å². The molecule has 7 nitrogen and oxygen atoms in total. The summed E-state index contributed by atoms with van der Waals surface area (Å²) in [6.07, 6.45) is 6.87. The van der Waals surface area contributed by atoms with Crippen molar-refractivity contribution in [1.82, 2.24) is 24.6 Å². The normalized spacial score (nSPS) is 17.9. The van der Waals surface area contributed by atoms with E-state index in [2.05, 4.69) is 15.1 Å². The summed E-state index contributed by atoms with van der Waals surface area (Å²) >= 11 is 0. The molecule has 7 heteroatoms. The van der Waals surface area contributed by atoms with Crippen LogP contribution in [-0.4, -0.2) is 43.6 Å². The molecule has 0 saturated carbocycles. The first-order valence-electron chi connectivity index (χ1n) is 8.45. The third-order valence-electron chi connectivity index (χ3n) is 4.41. The number of rotatable bonds is 5. The molecule has 1 saturated heterocycles. The standard InChI is InChI=1S/C17H23N5O2/c1-13-19-15(11-16(23)20-13)14-5-2-8-21(12-14)17(24)6-3-9-22-10-4-7-18-22/h4,7,10-11,14H,2-3,5-6,8-9,12H2,1H3,(H,19,20,23)/t14-/m1/s1. The second-order valence-electron chi connectivity index (χ2n) is 6.31. The summed E-state index contributed by atoms with van der Waals surface area (Å²) in [5, 5.41) is 4.14. The monoisotopic (exact) mass is 329 g/mol. The lowest BCUT2D eigenvalue weighted by molar-refractivity contribution is -0.132. The van der Waals surface area contributed by atoms with Crippen LogP contribution in [0.3, 0.4) is 0 Å². The van der Waals surface area contributed by atoms with Crippen molar-refractivity contribution in [3.8, 4) is 0 Å². The van der Waals surface area contributed by atoms with Gasteiger partial charge in [0.05, 0.1) is 5.69 Å². The molecule has 1 N–H and O–H groups in total. The van der Waals surface area contributed by atoms with Crippen LogP contribution in [0, 0.1) is 6.92 Å². The molecule has 1 aliphatic heterocycles. The third kappa shape index (κ3) is 4.10. The number of nitrogens with one attached hydrogen (secondary N) is 1. The highest BCUT2D eigenvalue weighted by Gasteiger charge is 2.25. The van der Waals surface area contributed by atoms with E-state index in [1.807, 2.05) is 21.8 Å². The molecule has 0 aliphatic carbocycles. The van der Waals surface area contributed by atoms with E-state index in [1.165, 1.54) is 0 Å². The van der Waals surface area contributed by atoms with Crippen LogP contribution < -0.4 is 5.56 Å². The van der Waals surface area contributed by atoms with Crippen LogP contribution in [0.2, 0.25) is 0 Å². The number of hydrogen-bond acceptors (Lipinski definition) is 4. The van der Waals surface area contributed by atoms with Crippen molar-refractivity contribution in [3.05, 3.63) is 46.4 Å². The van der Waals surface area contributed by atoms with E-state index in [9.17, 15) is 9.59 Å². The molecule has 0 unspecified atom stereocenters. The molecule has 0 bridgehead atoms. The number of aromatic nitrogens is 4. The SMILES string of the molecule is Cc1nc([C@@H]2CCCN(C(=O)CCCn3cccn3)C2)cc(=O)[nH]1. The van der Waals surface area contributed by atoms with Gasteiger partial charge in [-0.15, -0.1) is 0 Å². The maximum atomic E-state index is 12.4. The molecule has 0 radical (unpaired) electrons. The number of hydrogen-bond donors (Lipinski definition) is 1. The van der Waals surface area contributed by atoms with Crippen LogP contribution >= 0.6 is 0 Å². The molecule has 2 aromatic heterocycles. The van der Waals surface area contributed by atoms with Gasteiger partial charge in [-0.3, -0.25) is 14.3 Å². The Hall–Kier alpha value is -2.44. The largest absolute Gasteiger partial charge is 0.342 e. The van der Waals surface area contributed by atoms with Gasteiger partial charge in [-0.1, -0.05) is 0 Å². The van der Waals surface area contributed by atoms with Crippen molar-refractivity contribution in [2.45, 2.75) is 45.1 Å². The number of carbonyl (C=O) groups is 1. The minimum Gasteiger partial charge on any atom is -0.342 e. The van der Waals surface area contributed by atoms with E-state index in [4.69, 9.17) is 0 Å². The van der Waals surface area contributed by atoms with Gasteiger partial charge < -0.3 is 9.88 Å². The summed E-state index contributed by atoms with van der Waals surface area (Å²) in [4.78, 5) is 33.1. The molecule has 0 aromatic carbocycles. The van der Waals surface area contributed by atoms with Crippen LogP contribution in [0.15, 0.2) is 29.3 Å². The fourth-order valence-corrected chi connectivity index (χ4v) is 3.24. The van der Waals surface area contributed by atoms with Gasteiger partial charge in [-0.2, -0.15) is 5.10 Å². The Labute approximate surface area is 140 Å². The maximum Gasteiger partial charge on any atom is 0.251 e. The van der Waals surface area contributed by atoms with E-state index in [1.54, 1.807) is 19.2 Å². The summed E-state index contributed by atoms with van der Waals surface area (Å²) in [7, 11) is 0. The zero-order valence-electron chi connectivity index (χ0n) is 13.9. The Morgan fingerprint density at radius 1 is 1.46 bits per heavy atom. The van der Waals surface area contributed by atoms with E-state index >= 15 is 0 Å². The second-order valence-corrected chi connectivity index (χ2v) is 6.31. The smallest absolute Gasteiger partial charge is 0.251 e. The molecule has 1 aliphatic rings. The molecule has 2 aromatic rings. The van der Waals surface area contributed by atoms with Gasteiger partial charge in [-0.25, -0.2) is 4.98 Å². The van der Waals surface area contributed by atoms with Crippen molar-refractivity contribution in [2.75, 3.05) is 13.1 Å². The van der Waals surface area contributed by atoms with Crippen LogP contribution in [0.4, 0.5) is 0 Å². The molecule has 0 spiro atoms. The fraction of sp³-hybridized carbons (Fsp3) is 0.529. The van der Waals surface area contributed by atoms with Crippen molar-refractivity contribution < 1.29 is 4.79 Å². The van der Waals surface area contributed by atoms with Gasteiger partial charge >= 0.3 is 0 Å². The lowest BCUT2D eigenvalue weighted by Gasteiger charge is -2.32. The fourth-order valence-electron chi connectivity index (χ4n) is 3.24. The maximum absolute atomic E-state index is 12.4. The quantitative estimate of drug-likeness (QED) is 0.900. The van der Waals surface area contributed by atoms with Gasteiger partial charge in [-0.05, 0) is 32.3 Å². The lowest BCUT2D eigenvalue weighted by Crippen LogP contribution is -2.39. The number of amides is 1. The van der Waals surface area contributed by atoms with Crippen molar-refractivity contribution in [2.24, 2.45) is 0 Å². The number of carbonyl (C=O) groups excluding carboxylic acids is 1. The van der Waals surface area contributed by atoms with Gasteiger partial charge in [0, 0.05) is 50.4 Å². The van der Waals surface area contributed by atoms with Crippen LogP contribution in [0.25, 0.3) is 0 Å². The van der Waals surface area contributed by atoms with Crippen molar-refractivity contribution in [3.63, 3.8) is 0 Å². The Morgan fingerprint density at radius 2 is 2.33 bits per heavy atom. The van der Waals surface area contributed by atoms with Crippen LogP contribution in [-0.2, 0) is 11.3 Å². The molecule has 3 rings (SSSR count). The number of aromatic amines is 1. The molecule has 3 heterocycles. The highest BCUT2D eigenvalue weighted by molar-refractivity contribution is 5.76. The zero-order chi connectivity index (χ0) is 16.9.